The average molecular weight is 230 g/mol. The lowest BCUT2D eigenvalue weighted by Gasteiger charge is -2.15. The van der Waals surface area contributed by atoms with E-state index in [2.05, 4.69) is 4.74 Å². The summed E-state index contributed by atoms with van der Waals surface area (Å²) >= 11 is 0. The van der Waals surface area contributed by atoms with Crippen LogP contribution in [0.1, 0.15) is 39.5 Å². The number of hydrogen-bond acceptors (Lipinski definition) is 4. The molecular weight excluding hydrogens is 208 g/mol. The van der Waals surface area contributed by atoms with Gasteiger partial charge in [-0.25, -0.2) is 0 Å². The zero-order chi connectivity index (χ0) is 12.6. The second-order valence-electron chi connectivity index (χ2n) is 3.93. The van der Waals surface area contributed by atoms with Crippen molar-refractivity contribution in [3.05, 3.63) is 0 Å². The van der Waals surface area contributed by atoms with Gasteiger partial charge in [0.15, 0.2) is 0 Å². The van der Waals surface area contributed by atoms with Crippen LogP contribution in [-0.2, 0) is 19.1 Å². The smallest absolute Gasteiger partial charge is 0.316 e. The monoisotopic (exact) mass is 230 g/mol. The number of Topliss-reactive ketones (excluding diaryl/α,β-unsaturated/α-hetero) is 1. The Bertz CT molecular complexity index is 225. The first-order chi connectivity index (χ1) is 7.56. The first-order valence-corrected chi connectivity index (χ1v) is 5.70. The molecule has 0 radical (unpaired) electrons. The number of carbonyl (C=O) groups excluding carboxylic acids is 2. The van der Waals surface area contributed by atoms with Gasteiger partial charge in [-0.1, -0.05) is 19.8 Å². The van der Waals surface area contributed by atoms with Crippen molar-refractivity contribution in [3.8, 4) is 0 Å². The second-order valence-corrected chi connectivity index (χ2v) is 3.93. The molecule has 0 aliphatic heterocycles. The van der Waals surface area contributed by atoms with Gasteiger partial charge < -0.3 is 9.47 Å². The van der Waals surface area contributed by atoms with Gasteiger partial charge in [-0.2, -0.15) is 0 Å². The van der Waals surface area contributed by atoms with Crippen molar-refractivity contribution in [1.82, 2.24) is 0 Å². The average Bonchev–Trinajstić information content (AvgIpc) is 2.28. The Morgan fingerprint density at radius 2 is 1.88 bits per heavy atom. The number of hydrogen-bond donors (Lipinski definition) is 0. The van der Waals surface area contributed by atoms with Crippen molar-refractivity contribution in [3.63, 3.8) is 0 Å². The van der Waals surface area contributed by atoms with Crippen LogP contribution in [0.15, 0.2) is 0 Å². The maximum absolute atomic E-state index is 11.8. The molecule has 2 unspecified atom stereocenters. The quantitative estimate of drug-likeness (QED) is 0.472. The lowest BCUT2D eigenvalue weighted by Crippen LogP contribution is -2.28. The minimum Gasteiger partial charge on any atom is -0.468 e. The molecule has 0 aromatic rings. The highest BCUT2D eigenvalue weighted by atomic mass is 16.5. The molecule has 94 valence electrons. The van der Waals surface area contributed by atoms with Gasteiger partial charge >= 0.3 is 5.97 Å². The van der Waals surface area contributed by atoms with Crippen LogP contribution in [0, 0.1) is 5.92 Å². The number of rotatable bonds is 8. The molecule has 4 heteroatoms. The predicted molar refractivity (Wildman–Crippen MR) is 61.1 cm³/mol. The van der Waals surface area contributed by atoms with Crippen LogP contribution in [0.25, 0.3) is 0 Å². The fourth-order valence-electron chi connectivity index (χ4n) is 1.47. The molecule has 0 saturated carbocycles. The van der Waals surface area contributed by atoms with Gasteiger partial charge in [0.25, 0.3) is 0 Å². The predicted octanol–water partition coefficient (Wildman–Crippen LogP) is 1.96. The highest BCUT2D eigenvalue weighted by molar-refractivity contribution is 5.99. The van der Waals surface area contributed by atoms with E-state index < -0.39 is 11.9 Å². The summed E-state index contributed by atoms with van der Waals surface area (Å²) in [5.74, 6) is -1.14. The molecular formula is C12H22O4. The van der Waals surface area contributed by atoms with E-state index in [-0.39, 0.29) is 18.3 Å². The Balaban J connectivity index is 4.37. The maximum atomic E-state index is 11.8. The van der Waals surface area contributed by atoms with Crippen LogP contribution in [-0.4, -0.2) is 32.1 Å². The summed E-state index contributed by atoms with van der Waals surface area (Å²) < 4.78 is 9.66. The molecule has 0 N–H and O–H groups in total. The minimum absolute atomic E-state index is 0.0883. The van der Waals surface area contributed by atoms with Gasteiger partial charge in [-0.3, -0.25) is 9.59 Å². The standard InChI is InChI=1S/C12H22O4/c1-5-6-7-10(12(14)16-4)11(13)8-9(2)15-3/h9-10H,5-8H2,1-4H3. The number of ketones is 1. The third-order valence-corrected chi connectivity index (χ3v) is 2.61. The Morgan fingerprint density at radius 3 is 2.31 bits per heavy atom. The topological polar surface area (TPSA) is 52.6 Å². The van der Waals surface area contributed by atoms with E-state index in [0.29, 0.717) is 6.42 Å². The van der Waals surface area contributed by atoms with Gasteiger partial charge in [0, 0.05) is 13.5 Å². The van der Waals surface area contributed by atoms with Crippen LogP contribution in [0.2, 0.25) is 0 Å². The Morgan fingerprint density at radius 1 is 1.25 bits per heavy atom. The van der Waals surface area contributed by atoms with Crippen molar-refractivity contribution in [1.29, 1.82) is 0 Å². The maximum Gasteiger partial charge on any atom is 0.316 e. The van der Waals surface area contributed by atoms with Gasteiger partial charge in [0.05, 0.1) is 13.2 Å². The second kappa shape index (κ2) is 8.28. The summed E-state index contributed by atoms with van der Waals surface area (Å²) in [6.45, 7) is 3.84. The van der Waals surface area contributed by atoms with Gasteiger partial charge in [0.1, 0.15) is 11.7 Å². The Kier molecular flexibility index (Phi) is 7.81. The van der Waals surface area contributed by atoms with Crippen molar-refractivity contribution >= 4 is 11.8 Å². The van der Waals surface area contributed by atoms with Crippen molar-refractivity contribution < 1.29 is 19.1 Å². The lowest BCUT2D eigenvalue weighted by molar-refractivity contribution is -0.150. The lowest BCUT2D eigenvalue weighted by atomic mass is 9.94. The number of methoxy groups -OCH3 is 2. The SMILES string of the molecule is CCCCC(C(=O)CC(C)OC)C(=O)OC. The molecule has 0 aromatic carbocycles. The Hall–Kier alpha value is -0.900. The summed E-state index contributed by atoms with van der Waals surface area (Å²) in [5, 5.41) is 0. The molecule has 0 saturated heterocycles. The highest BCUT2D eigenvalue weighted by Gasteiger charge is 2.27. The highest BCUT2D eigenvalue weighted by Crippen LogP contribution is 2.15. The van der Waals surface area contributed by atoms with Crippen molar-refractivity contribution in [2.45, 2.75) is 45.6 Å². The van der Waals surface area contributed by atoms with Gasteiger partial charge in [-0.15, -0.1) is 0 Å². The molecule has 2 atom stereocenters. The van der Waals surface area contributed by atoms with E-state index in [4.69, 9.17) is 4.74 Å². The molecule has 4 nitrogen and oxygen atoms in total. The van der Waals surface area contributed by atoms with E-state index in [1.54, 1.807) is 7.11 Å². The number of esters is 1. The van der Waals surface area contributed by atoms with Crippen LogP contribution in [0.4, 0.5) is 0 Å². The molecule has 0 bridgehead atoms. The number of carbonyl (C=O) groups is 2. The largest absolute Gasteiger partial charge is 0.468 e. The molecule has 0 amide bonds. The van der Waals surface area contributed by atoms with E-state index in [1.165, 1.54) is 7.11 Å². The molecule has 0 aliphatic rings. The summed E-state index contributed by atoms with van der Waals surface area (Å²) in [4.78, 5) is 23.3. The third-order valence-electron chi connectivity index (χ3n) is 2.61. The summed E-state index contributed by atoms with van der Waals surface area (Å²) in [5.41, 5.74) is 0. The van der Waals surface area contributed by atoms with E-state index in [1.807, 2.05) is 13.8 Å². The number of unbranched alkanes of at least 4 members (excludes halogenated alkanes) is 1. The zero-order valence-electron chi connectivity index (χ0n) is 10.6. The minimum atomic E-state index is -0.623. The normalized spacial score (nSPS) is 14.2. The molecule has 0 fully saturated rings. The molecule has 0 rings (SSSR count). The first-order valence-electron chi connectivity index (χ1n) is 5.70. The van der Waals surface area contributed by atoms with Crippen molar-refractivity contribution in [2.24, 2.45) is 5.92 Å². The van der Waals surface area contributed by atoms with Crippen LogP contribution in [0.5, 0.6) is 0 Å². The first kappa shape index (κ1) is 15.1. The summed E-state index contributed by atoms with van der Waals surface area (Å²) in [7, 11) is 2.87. The van der Waals surface area contributed by atoms with Crippen LogP contribution < -0.4 is 0 Å². The fourth-order valence-corrected chi connectivity index (χ4v) is 1.47. The van der Waals surface area contributed by atoms with E-state index in [0.717, 1.165) is 12.8 Å². The third kappa shape index (κ3) is 5.26. The molecule has 0 heterocycles. The van der Waals surface area contributed by atoms with Crippen LogP contribution in [0.3, 0.4) is 0 Å². The molecule has 16 heavy (non-hydrogen) atoms. The summed E-state index contributed by atoms with van der Waals surface area (Å²) in [6, 6.07) is 0. The summed E-state index contributed by atoms with van der Waals surface area (Å²) in [6.07, 6.45) is 2.49. The van der Waals surface area contributed by atoms with Gasteiger partial charge in [-0.05, 0) is 13.3 Å². The molecule has 0 aromatic heterocycles. The van der Waals surface area contributed by atoms with Crippen molar-refractivity contribution in [2.75, 3.05) is 14.2 Å². The molecule has 0 aliphatic carbocycles. The van der Waals surface area contributed by atoms with E-state index >= 15 is 0 Å². The van der Waals surface area contributed by atoms with Crippen LogP contribution >= 0.6 is 0 Å². The molecule has 0 spiro atoms. The van der Waals surface area contributed by atoms with E-state index in [9.17, 15) is 9.59 Å². The number of ether oxygens (including phenoxy) is 2. The Labute approximate surface area is 97.3 Å². The van der Waals surface area contributed by atoms with Gasteiger partial charge in [0.2, 0.25) is 0 Å². The fraction of sp³-hybridized carbons (Fsp3) is 0.833. The zero-order valence-corrected chi connectivity index (χ0v) is 10.6.